The van der Waals surface area contributed by atoms with Crippen molar-refractivity contribution in [3.63, 3.8) is 0 Å². The summed E-state index contributed by atoms with van der Waals surface area (Å²) in [5.41, 5.74) is 2.07. The molecule has 120 valence electrons. The van der Waals surface area contributed by atoms with E-state index in [0.717, 1.165) is 37.4 Å². The summed E-state index contributed by atoms with van der Waals surface area (Å²) >= 11 is 0. The Morgan fingerprint density at radius 1 is 1.22 bits per heavy atom. The maximum atomic E-state index is 12.4. The van der Waals surface area contributed by atoms with Gasteiger partial charge in [-0.1, -0.05) is 6.07 Å². The molecule has 1 fully saturated rings. The van der Waals surface area contributed by atoms with Gasteiger partial charge in [-0.3, -0.25) is 4.98 Å². The van der Waals surface area contributed by atoms with Gasteiger partial charge in [0, 0.05) is 37.2 Å². The molecule has 1 aliphatic rings. The molecule has 1 saturated heterocycles. The highest BCUT2D eigenvalue weighted by Crippen LogP contribution is 2.28. The van der Waals surface area contributed by atoms with Crippen LogP contribution in [0.15, 0.2) is 48.8 Å². The molecular weight excluding hydrogens is 290 g/mol. The zero-order valence-corrected chi connectivity index (χ0v) is 13.2. The number of hydrogen-bond donors (Lipinski definition) is 1. The van der Waals surface area contributed by atoms with E-state index >= 15 is 0 Å². The van der Waals surface area contributed by atoms with Crippen LogP contribution in [0.3, 0.4) is 0 Å². The van der Waals surface area contributed by atoms with E-state index in [2.05, 4.69) is 22.4 Å². The number of anilines is 1. The van der Waals surface area contributed by atoms with Crippen molar-refractivity contribution < 1.29 is 9.53 Å². The van der Waals surface area contributed by atoms with Crippen molar-refractivity contribution in [1.29, 1.82) is 0 Å². The van der Waals surface area contributed by atoms with Crippen molar-refractivity contribution in [3.8, 4) is 5.75 Å². The Bertz CT molecular complexity index is 652. The van der Waals surface area contributed by atoms with Gasteiger partial charge in [0.15, 0.2) is 0 Å². The number of nitrogens with one attached hydrogen (secondary N) is 1. The van der Waals surface area contributed by atoms with Crippen molar-refractivity contribution in [1.82, 2.24) is 9.88 Å². The second-order valence-corrected chi connectivity index (χ2v) is 5.70. The van der Waals surface area contributed by atoms with Crippen LogP contribution in [0, 0.1) is 0 Å². The Kier molecular flexibility index (Phi) is 4.76. The molecule has 0 saturated carbocycles. The molecule has 1 aromatic heterocycles. The zero-order chi connectivity index (χ0) is 16.1. The van der Waals surface area contributed by atoms with Crippen LogP contribution in [0.5, 0.6) is 5.75 Å². The minimum absolute atomic E-state index is 0.0496. The number of pyridine rings is 1. The normalized spacial score (nSPS) is 15.3. The minimum atomic E-state index is -0.0496. The molecule has 0 radical (unpaired) electrons. The Hall–Kier alpha value is -2.56. The summed E-state index contributed by atoms with van der Waals surface area (Å²) < 4.78 is 5.17. The Labute approximate surface area is 136 Å². The molecule has 0 aliphatic carbocycles. The van der Waals surface area contributed by atoms with Gasteiger partial charge in [0.1, 0.15) is 5.75 Å². The third kappa shape index (κ3) is 3.80. The summed E-state index contributed by atoms with van der Waals surface area (Å²) in [6, 6.07) is 11.5. The Morgan fingerprint density at radius 2 is 1.96 bits per heavy atom. The predicted octanol–water partition coefficient (Wildman–Crippen LogP) is 3.50. The Balaban J connectivity index is 1.56. The van der Waals surface area contributed by atoms with Crippen LogP contribution in [0.2, 0.25) is 0 Å². The van der Waals surface area contributed by atoms with Crippen LogP contribution in [0.4, 0.5) is 10.5 Å². The van der Waals surface area contributed by atoms with E-state index in [1.807, 2.05) is 41.6 Å². The van der Waals surface area contributed by atoms with E-state index in [4.69, 9.17) is 4.74 Å². The minimum Gasteiger partial charge on any atom is -0.497 e. The summed E-state index contributed by atoms with van der Waals surface area (Å²) in [4.78, 5) is 18.3. The second-order valence-electron chi connectivity index (χ2n) is 5.70. The van der Waals surface area contributed by atoms with E-state index in [-0.39, 0.29) is 6.03 Å². The SMILES string of the molecule is COc1cccc(NC(=O)N2CCC(c3ccncc3)CC2)c1. The molecule has 0 bridgehead atoms. The van der Waals surface area contributed by atoms with Crippen molar-refractivity contribution in [3.05, 3.63) is 54.4 Å². The van der Waals surface area contributed by atoms with E-state index in [9.17, 15) is 4.79 Å². The zero-order valence-electron chi connectivity index (χ0n) is 13.2. The van der Waals surface area contributed by atoms with Gasteiger partial charge in [-0.15, -0.1) is 0 Å². The molecule has 1 N–H and O–H groups in total. The van der Waals surface area contributed by atoms with Crippen molar-refractivity contribution in [2.75, 3.05) is 25.5 Å². The fourth-order valence-corrected chi connectivity index (χ4v) is 2.95. The van der Waals surface area contributed by atoms with Gasteiger partial charge in [-0.2, -0.15) is 0 Å². The number of piperidine rings is 1. The van der Waals surface area contributed by atoms with Crippen LogP contribution in [0.25, 0.3) is 0 Å². The first-order chi connectivity index (χ1) is 11.3. The molecule has 1 aliphatic heterocycles. The first-order valence-corrected chi connectivity index (χ1v) is 7.86. The van der Waals surface area contributed by atoms with Crippen LogP contribution in [-0.4, -0.2) is 36.1 Å². The lowest BCUT2D eigenvalue weighted by Gasteiger charge is -2.32. The second kappa shape index (κ2) is 7.13. The van der Waals surface area contributed by atoms with Gasteiger partial charge in [0.05, 0.1) is 7.11 Å². The number of methoxy groups -OCH3 is 1. The van der Waals surface area contributed by atoms with Gasteiger partial charge in [0.25, 0.3) is 0 Å². The number of nitrogens with zero attached hydrogens (tertiary/aromatic N) is 2. The van der Waals surface area contributed by atoms with Crippen LogP contribution in [0.1, 0.15) is 24.3 Å². The molecule has 2 heterocycles. The van der Waals surface area contributed by atoms with Gasteiger partial charge >= 0.3 is 6.03 Å². The topological polar surface area (TPSA) is 54.5 Å². The lowest BCUT2D eigenvalue weighted by atomic mass is 9.90. The van der Waals surface area contributed by atoms with Gasteiger partial charge < -0.3 is 15.0 Å². The molecule has 0 atom stereocenters. The maximum absolute atomic E-state index is 12.4. The quantitative estimate of drug-likeness (QED) is 0.944. The van der Waals surface area contributed by atoms with Crippen LogP contribution in [-0.2, 0) is 0 Å². The van der Waals surface area contributed by atoms with E-state index in [1.54, 1.807) is 7.11 Å². The van der Waals surface area contributed by atoms with Crippen molar-refractivity contribution in [2.24, 2.45) is 0 Å². The van der Waals surface area contributed by atoms with Gasteiger partial charge in [-0.05, 0) is 48.6 Å². The van der Waals surface area contributed by atoms with Gasteiger partial charge in [0.2, 0.25) is 0 Å². The summed E-state index contributed by atoms with van der Waals surface area (Å²) in [6.45, 7) is 1.53. The lowest BCUT2D eigenvalue weighted by molar-refractivity contribution is 0.194. The average Bonchev–Trinajstić information content (AvgIpc) is 2.63. The third-order valence-corrected chi connectivity index (χ3v) is 4.28. The summed E-state index contributed by atoms with van der Waals surface area (Å²) in [7, 11) is 1.62. The fraction of sp³-hybridized carbons (Fsp3) is 0.333. The number of hydrogen-bond acceptors (Lipinski definition) is 3. The predicted molar refractivity (Wildman–Crippen MR) is 89.8 cm³/mol. The van der Waals surface area contributed by atoms with Crippen LogP contribution < -0.4 is 10.1 Å². The average molecular weight is 311 g/mol. The molecular formula is C18H21N3O2. The summed E-state index contributed by atoms with van der Waals surface area (Å²) in [6.07, 6.45) is 5.62. The number of carbonyl (C=O) groups is 1. The molecule has 1 aromatic carbocycles. The number of carbonyl (C=O) groups excluding carboxylic acids is 1. The molecule has 3 rings (SSSR count). The molecule has 2 amide bonds. The van der Waals surface area contributed by atoms with E-state index < -0.39 is 0 Å². The number of urea groups is 1. The molecule has 2 aromatic rings. The maximum Gasteiger partial charge on any atom is 0.321 e. The molecule has 0 spiro atoms. The molecule has 23 heavy (non-hydrogen) atoms. The number of rotatable bonds is 3. The summed E-state index contributed by atoms with van der Waals surface area (Å²) in [5.74, 6) is 1.25. The smallest absolute Gasteiger partial charge is 0.321 e. The van der Waals surface area contributed by atoms with Crippen LogP contribution >= 0.6 is 0 Å². The standard InChI is InChI=1S/C18H21N3O2/c1-23-17-4-2-3-16(13-17)20-18(22)21-11-7-15(8-12-21)14-5-9-19-10-6-14/h2-6,9-10,13,15H,7-8,11-12H2,1H3,(H,20,22). The Morgan fingerprint density at radius 3 is 2.65 bits per heavy atom. The van der Waals surface area contributed by atoms with Crippen molar-refractivity contribution in [2.45, 2.75) is 18.8 Å². The monoisotopic (exact) mass is 311 g/mol. The van der Waals surface area contributed by atoms with E-state index in [0.29, 0.717) is 5.92 Å². The number of aromatic nitrogens is 1. The molecule has 0 unspecified atom stereocenters. The number of benzene rings is 1. The van der Waals surface area contributed by atoms with E-state index in [1.165, 1.54) is 5.56 Å². The lowest BCUT2D eigenvalue weighted by Crippen LogP contribution is -2.40. The van der Waals surface area contributed by atoms with Crippen molar-refractivity contribution >= 4 is 11.7 Å². The number of amides is 2. The molecule has 5 nitrogen and oxygen atoms in total. The first kappa shape index (κ1) is 15.3. The largest absolute Gasteiger partial charge is 0.497 e. The summed E-state index contributed by atoms with van der Waals surface area (Å²) in [5, 5.41) is 2.94. The third-order valence-electron chi connectivity index (χ3n) is 4.28. The fourth-order valence-electron chi connectivity index (χ4n) is 2.95. The van der Waals surface area contributed by atoms with Gasteiger partial charge in [-0.25, -0.2) is 4.79 Å². The highest BCUT2D eigenvalue weighted by molar-refractivity contribution is 5.89. The number of likely N-dealkylation sites (tertiary alicyclic amines) is 1. The number of ether oxygens (including phenoxy) is 1. The first-order valence-electron chi connectivity index (χ1n) is 7.86. The molecule has 5 heteroatoms. The highest BCUT2D eigenvalue weighted by atomic mass is 16.5. The highest BCUT2D eigenvalue weighted by Gasteiger charge is 2.23.